The van der Waals surface area contributed by atoms with Gasteiger partial charge in [-0.05, 0) is 30.7 Å². The van der Waals surface area contributed by atoms with Gasteiger partial charge >= 0.3 is 0 Å². The van der Waals surface area contributed by atoms with Gasteiger partial charge in [0, 0.05) is 5.56 Å². The standard InChI is InChI=1S/C17H20N2O5/c1-3-4-8-24-14-6-5-12(10-15(14)22-2)16(20)18-19-17(21)13-7-9-23-11-13/h5-7,9-11H,3-4,8H2,1-2H3,(H,18,20)(H,19,21). The number of unbranched alkanes of at least 4 members (excludes halogenated alkanes) is 1. The number of benzene rings is 1. The van der Waals surface area contributed by atoms with Gasteiger partial charge in [-0.25, -0.2) is 0 Å². The van der Waals surface area contributed by atoms with Gasteiger partial charge in [-0.15, -0.1) is 0 Å². The number of hydrazine groups is 1. The molecular formula is C17H20N2O5. The lowest BCUT2D eigenvalue weighted by Crippen LogP contribution is -2.41. The summed E-state index contributed by atoms with van der Waals surface area (Å²) < 4.78 is 15.7. The van der Waals surface area contributed by atoms with Crippen LogP contribution in [-0.4, -0.2) is 25.5 Å². The zero-order valence-electron chi connectivity index (χ0n) is 13.6. The number of hydrogen-bond donors (Lipinski definition) is 2. The second-order valence-electron chi connectivity index (χ2n) is 4.99. The summed E-state index contributed by atoms with van der Waals surface area (Å²) in [5.74, 6) is 0.0960. The van der Waals surface area contributed by atoms with E-state index in [4.69, 9.17) is 13.9 Å². The molecule has 0 aliphatic heterocycles. The topological polar surface area (TPSA) is 89.8 Å². The Labute approximate surface area is 139 Å². The van der Waals surface area contributed by atoms with Crippen molar-refractivity contribution in [2.24, 2.45) is 0 Å². The van der Waals surface area contributed by atoms with Crippen molar-refractivity contribution in [1.29, 1.82) is 0 Å². The van der Waals surface area contributed by atoms with Gasteiger partial charge in [-0.2, -0.15) is 0 Å². The molecule has 7 nitrogen and oxygen atoms in total. The Morgan fingerprint density at radius 1 is 1.08 bits per heavy atom. The molecule has 24 heavy (non-hydrogen) atoms. The molecule has 0 aliphatic rings. The first-order valence-electron chi connectivity index (χ1n) is 7.59. The number of ether oxygens (including phenoxy) is 2. The Balaban J connectivity index is 1.97. The molecule has 0 atom stereocenters. The Kier molecular flexibility index (Phi) is 6.24. The van der Waals surface area contributed by atoms with Crippen molar-refractivity contribution in [3.63, 3.8) is 0 Å². The zero-order chi connectivity index (χ0) is 17.4. The molecule has 2 N–H and O–H groups in total. The average molecular weight is 332 g/mol. The van der Waals surface area contributed by atoms with Gasteiger partial charge in [0.25, 0.3) is 11.8 Å². The second kappa shape index (κ2) is 8.61. The van der Waals surface area contributed by atoms with Gasteiger partial charge in [0.15, 0.2) is 11.5 Å². The molecule has 0 saturated carbocycles. The molecule has 2 amide bonds. The van der Waals surface area contributed by atoms with E-state index >= 15 is 0 Å². The van der Waals surface area contributed by atoms with Crippen LogP contribution in [0.2, 0.25) is 0 Å². The summed E-state index contributed by atoms with van der Waals surface area (Å²) in [6.07, 6.45) is 4.62. The first-order chi connectivity index (χ1) is 11.7. The number of rotatable bonds is 7. The molecule has 0 fully saturated rings. The lowest BCUT2D eigenvalue weighted by molar-refractivity contribution is 0.0846. The van der Waals surface area contributed by atoms with Crippen LogP contribution in [0.25, 0.3) is 0 Å². The van der Waals surface area contributed by atoms with Crippen molar-refractivity contribution in [2.75, 3.05) is 13.7 Å². The van der Waals surface area contributed by atoms with E-state index in [1.807, 2.05) is 0 Å². The van der Waals surface area contributed by atoms with E-state index in [1.54, 1.807) is 18.2 Å². The van der Waals surface area contributed by atoms with Gasteiger partial charge in [0.1, 0.15) is 6.26 Å². The quantitative estimate of drug-likeness (QED) is 0.601. The van der Waals surface area contributed by atoms with Crippen LogP contribution >= 0.6 is 0 Å². The maximum absolute atomic E-state index is 12.1. The summed E-state index contributed by atoms with van der Waals surface area (Å²) in [5.41, 5.74) is 5.29. The molecule has 0 unspecified atom stereocenters. The summed E-state index contributed by atoms with van der Waals surface area (Å²) in [6, 6.07) is 6.32. The predicted octanol–water partition coefficient (Wildman–Crippen LogP) is 2.54. The summed E-state index contributed by atoms with van der Waals surface area (Å²) >= 11 is 0. The molecule has 0 aliphatic carbocycles. The Morgan fingerprint density at radius 2 is 1.83 bits per heavy atom. The number of hydrogen-bond acceptors (Lipinski definition) is 5. The Bertz CT molecular complexity index is 682. The SMILES string of the molecule is CCCCOc1ccc(C(=O)NNC(=O)c2ccoc2)cc1OC. The van der Waals surface area contributed by atoms with Crippen LogP contribution in [0.5, 0.6) is 11.5 Å². The van der Waals surface area contributed by atoms with Crippen LogP contribution in [0.3, 0.4) is 0 Å². The number of methoxy groups -OCH3 is 1. The Morgan fingerprint density at radius 3 is 2.46 bits per heavy atom. The van der Waals surface area contributed by atoms with E-state index in [0.29, 0.717) is 29.2 Å². The highest BCUT2D eigenvalue weighted by atomic mass is 16.5. The van der Waals surface area contributed by atoms with Crippen molar-refractivity contribution < 1.29 is 23.5 Å². The normalized spacial score (nSPS) is 10.1. The molecule has 1 heterocycles. The molecule has 7 heteroatoms. The number of nitrogens with one attached hydrogen (secondary N) is 2. The maximum atomic E-state index is 12.1. The highest BCUT2D eigenvalue weighted by Crippen LogP contribution is 2.28. The largest absolute Gasteiger partial charge is 0.493 e. The molecule has 1 aromatic carbocycles. The number of carbonyl (C=O) groups is 2. The van der Waals surface area contributed by atoms with Gasteiger partial charge in [-0.3, -0.25) is 20.4 Å². The summed E-state index contributed by atoms with van der Waals surface area (Å²) in [4.78, 5) is 23.8. The van der Waals surface area contributed by atoms with E-state index in [0.717, 1.165) is 12.8 Å². The minimum atomic E-state index is -0.469. The zero-order valence-corrected chi connectivity index (χ0v) is 13.6. The van der Waals surface area contributed by atoms with Crippen molar-refractivity contribution >= 4 is 11.8 Å². The summed E-state index contributed by atoms with van der Waals surface area (Å²) in [6.45, 7) is 2.66. The van der Waals surface area contributed by atoms with Crippen LogP contribution in [0, 0.1) is 0 Å². The molecular weight excluding hydrogens is 312 g/mol. The van der Waals surface area contributed by atoms with E-state index in [2.05, 4.69) is 17.8 Å². The minimum absolute atomic E-state index is 0.313. The lowest BCUT2D eigenvalue weighted by Gasteiger charge is -2.12. The van der Waals surface area contributed by atoms with Crippen molar-refractivity contribution in [2.45, 2.75) is 19.8 Å². The predicted molar refractivity (Wildman–Crippen MR) is 87.0 cm³/mol. The molecule has 1 aromatic heterocycles. The first-order valence-corrected chi connectivity index (χ1v) is 7.59. The lowest BCUT2D eigenvalue weighted by atomic mass is 10.2. The average Bonchev–Trinajstić information content (AvgIpc) is 3.14. The van der Waals surface area contributed by atoms with Crippen LogP contribution in [0.1, 0.15) is 40.5 Å². The van der Waals surface area contributed by atoms with Crippen LogP contribution < -0.4 is 20.3 Å². The third-order valence-electron chi connectivity index (χ3n) is 3.25. The van der Waals surface area contributed by atoms with E-state index in [1.165, 1.54) is 25.7 Å². The maximum Gasteiger partial charge on any atom is 0.272 e. The van der Waals surface area contributed by atoms with E-state index in [9.17, 15) is 9.59 Å². The fourth-order valence-electron chi connectivity index (χ4n) is 1.91. The molecule has 2 rings (SSSR count). The highest BCUT2D eigenvalue weighted by Gasteiger charge is 2.13. The smallest absolute Gasteiger partial charge is 0.272 e. The fourth-order valence-corrected chi connectivity index (χ4v) is 1.91. The highest BCUT2D eigenvalue weighted by molar-refractivity contribution is 5.99. The molecule has 2 aromatic rings. The molecule has 0 saturated heterocycles. The number of carbonyl (C=O) groups excluding carboxylic acids is 2. The van der Waals surface area contributed by atoms with Gasteiger partial charge in [0.2, 0.25) is 0 Å². The number of amides is 2. The minimum Gasteiger partial charge on any atom is -0.493 e. The van der Waals surface area contributed by atoms with E-state index < -0.39 is 11.8 Å². The van der Waals surface area contributed by atoms with Crippen molar-refractivity contribution in [3.8, 4) is 11.5 Å². The third kappa shape index (κ3) is 4.52. The van der Waals surface area contributed by atoms with E-state index in [-0.39, 0.29) is 0 Å². The summed E-state index contributed by atoms with van der Waals surface area (Å²) in [5, 5.41) is 0. The second-order valence-corrected chi connectivity index (χ2v) is 4.99. The van der Waals surface area contributed by atoms with Crippen LogP contribution in [-0.2, 0) is 0 Å². The molecule has 0 bridgehead atoms. The van der Waals surface area contributed by atoms with Gasteiger partial charge < -0.3 is 13.9 Å². The molecule has 128 valence electrons. The fraction of sp³-hybridized carbons (Fsp3) is 0.294. The van der Waals surface area contributed by atoms with Gasteiger partial charge in [-0.1, -0.05) is 13.3 Å². The number of furan rings is 1. The van der Waals surface area contributed by atoms with Crippen molar-refractivity contribution in [1.82, 2.24) is 10.9 Å². The molecule has 0 radical (unpaired) electrons. The monoisotopic (exact) mass is 332 g/mol. The Hall–Kier alpha value is -2.96. The molecule has 0 spiro atoms. The van der Waals surface area contributed by atoms with Crippen molar-refractivity contribution in [3.05, 3.63) is 47.9 Å². The summed E-state index contributed by atoms with van der Waals surface area (Å²) in [7, 11) is 1.50. The van der Waals surface area contributed by atoms with Gasteiger partial charge in [0.05, 0.1) is 25.5 Å². The first kappa shape index (κ1) is 17.4. The van der Waals surface area contributed by atoms with Crippen LogP contribution in [0.4, 0.5) is 0 Å². The third-order valence-corrected chi connectivity index (χ3v) is 3.25. The van der Waals surface area contributed by atoms with Crippen LogP contribution in [0.15, 0.2) is 41.2 Å².